The van der Waals surface area contributed by atoms with Gasteiger partial charge in [0.25, 0.3) is 0 Å². The lowest BCUT2D eigenvalue weighted by molar-refractivity contribution is -0.141. The zero-order valence-corrected chi connectivity index (χ0v) is 9.32. The molecule has 1 aliphatic carbocycles. The average Bonchev–Trinajstić information content (AvgIpc) is 2.50. The average molecular weight is 213 g/mol. The standard InChI is InChI=1S/C11H19NO3/c1-7-3-4-9(5-7)6-10(13)12-8(2)11(14)15/h7-9H,3-6H2,1-2H3,(H,12,13)(H,14,15)/t7?,8-,9?/m0/s1. The van der Waals surface area contributed by atoms with Crippen molar-refractivity contribution in [1.29, 1.82) is 0 Å². The first-order valence-corrected chi connectivity index (χ1v) is 5.51. The second-order valence-corrected chi connectivity index (χ2v) is 4.62. The van der Waals surface area contributed by atoms with E-state index in [1.165, 1.54) is 13.3 Å². The van der Waals surface area contributed by atoms with Crippen molar-refractivity contribution in [2.45, 2.75) is 45.6 Å². The lowest BCUT2D eigenvalue weighted by Crippen LogP contribution is -2.38. The van der Waals surface area contributed by atoms with Gasteiger partial charge in [-0.05, 0) is 31.6 Å². The molecule has 1 rings (SSSR count). The number of carboxylic acids is 1. The molecule has 0 bridgehead atoms. The highest BCUT2D eigenvalue weighted by Gasteiger charge is 2.24. The van der Waals surface area contributed by atoms with Crippen LogP contribution < -0.4 is 5.32 Å². The van der Waals surface area contributed by atoms with E-state index >= 15 is 0 Å². The molecule has 1 fully saturated rings. The fraction of sp³-hybridized carbons (Fsp3) is 0.818. The summed E-state index contributed by atoms with van der Waals surface area (Å²) in [6, 6.07) is -0.781. The Morgan fingerprint density at radius 3 is 2.60 bits per heavy atom. The van der Waals surface area contributed by atoms with Crippen molar-refractivity contribution in [3.8, 4) is 0 Å². The van der Waals surface area contributed by atoms with E-state index in [4.69, 9.17) is 5.11 Å². The highest BCUT2D eigenvalue weighted by molar-refractivity contribution is 5.83. The Kier molecular flexibility index (Phi) is 4.12. The molecule has 0 heterocycles. The van der Waals surface area contributed by atoms with Gasteiger partial charge in [0.05, 0.1) is 0 Å². The van der Waals surface area contributed by atoms with Gasteiger partial charge in [-0.3, -0.25) is 9.59 Å². The maximum atomic E-state index is 11.4. The van der Waals surface area contributed by atoms with Gasteiger partial charge in [0.2, 0.25) is 5.91 Å². The summed E-state index contributed by atoms with van der Waals surface area (Å²) in [4.78, 5) is 22.0. The highest BCUT2D eigenvalue weighted by Crippen LogP contribution is 2.32. The van der Waals surface area contributed by atoms with Crippen molar-refractivity contribution in [3.05, 3.63) is 0 Å². The van der Waals surface area contributed by atoms with E-state index in [1.54, 1.807) is 0 Å². The van der Waals surface area contributed by atoms with E-state index in [0.717, 1.165) is 12.8 Å². The van der Waals surface area contributed by atoms with Crippen molar-refractivity contribution >= 4 is 11.9 Å². The third-order valence-electron chi connectivity index (χ3n) is 3.03. The molecular formula is C11H19NO3. The third-order valence-corrected chi connectivity index (χ3v) is 3.03. The van der Waals surface area contributed by atoms with E-state index in [2.05, 4.69) is 12.2 Å². The van der Waals surface area contributed by atoms with Crippen molar-refractivity contribution in [2.24, 2.45) is 11.8 Å². The van der Waals surface area contributed by atoms with Crippen molar-refractivity contribution in [3.63, 3.8) is 0 Å². The highest BCUT2D eigenvalue weighted by atomic mass is 16.4. The molecule has 0 aromatic carbocycles. The summed E-state index contributed by atoms with van der Waals surface area (Å²) in [6.45, 7) is 3.68. The molecule has 1 aliphatic rings. The maximum Gasteiger partial charge on any atom is 0.325 e. The monoisotopic (exact) mass is 213 g/mol. The molecule has 15 heavy (non-hydrogen) atoms. The van der Waals surface area contributed by atoms with Gasteiger partial charge in [-0.15, -0.1) is 0 Å². The molecule has 2 unspecified atom stereocenters. The van der Waals surface area contributed by atoms with Crippen molar-refractivity contribution in [1.82, 2.24) is 5.32 Å². The lowest BCUT2D eigenvalue weighted by atomic mass is 10.0. The number of hydrogen-bond acceptors (Lipinski definition) is 2. The molecular weight excluding hydrogens is 194 g/mol. The van der Waals surface area contributed by atoms with Crippen molar-refractivity contribution < 1.29 is 14.7 Å². The molecule has 0 spiro atoms. The summed E-state index contributed by atoms with van der Waals surface area (Å²) in [6.07, 6.45) is 3.85. The second-order valence-electron chi connectivity index (χ2n) is 4.62. The van der Waals surface area contributed by atoms with Gasteiger partial charge in [-0.25, -0.2) is 0 Å². The van der Waals surface area contributed by atoms with Gasteiger partial charge in [0.1, 0.15) is 6.04 Å². The van der Waals surface area contributed by atoms with Crippen LogP contribution in [-0.4, -0.2) is 23.0 Å². The number of hydrogen-bond donors (Lipinski definition) is 2. The molecule has 1 amide bonds. The lowest BCUT2D eigenvalue weighted by Gasteiger charge is -2.12. The number of carbonyl (C=O) groups is 2. The number of rotatable bonds is 4. The van der Waals surface area contributed by atoms with Gasteiger partial charge in [-0.1, -0.05) is 13.3 Å². The van der Waals surface area contributed by atoms with Crippen LogP contribution in [0.15, 0.2) is 0 Å². The maximum absolute atomic E-state index is 11.4. The molecule has 3 atom stereocenters. The summed E-state index contributed by atoms with van der Waals surface area (Å²) in [5.41, 5.74) is 0. The predicted molar refractivity (Wildman–Crippen MR) is 56.4 cm³/mol. The minimum absolute atomic E-state index is 0.135. The van der Waals surface area contributed by atoms with Crippen LogP contribution in [0.3, 0.4) is 0 Å². The molecule has 0 aromatic rings. The zero-order chi connectivity index (χ0) is 11.4. The minimum atomic E-state index is -0.983. The Morgan fingerprint density at radius 2 is 2.13 bits per heavy atom. The smallest absolute Gasteiger partial charge is 0.325 e. The van der Waals surface area contributed by atoms with E-state index < -0.39 is 12.0 Å². The molecule has 86 valence electrons. The molecule has 2 N–H and O–H groups in total. The topological polar surface area (TPSA) is 66.4 Å². The first-order chi connectivity index (χ1) is 6.99. The van der Waals surface area contributed by atoms with Crippen LogP contribution in [0.4, 0.5) is 0 Å². The Bertz CT molecular complexity index is 252. The third kappa shape index (κ3) is 3.90. The number of carbonyl (C=O) groups excluding carboxylic acids is 1. The van der Waals surface area contributed by atoms with Crippen LogP contribution in [0.2, 0.25) is 0 Å². The fourth-order valence-corrected chi connectivity index (χ4v) is 2.13. The Hall–Kier alpha value is -1.06. The van der Waals surface area contributed by atoms with Gasteiger partial charge >= 0.3 is 5.97 Å². The van der Waals surface area contributed by atoms with Gasteiger partial charge in [0.15, 0.2) is 0 Å². The summed E-state index contributed by atoms with van der Waals surface area (Å²) >= 11 is 0. The van der Waals surface area contributed by atoms with E-state index in [1.807, 2.05) is 0 Å². The van der Waals surface area contributed by atoms with Gasteiger partial charge in [0, 0.05) is 6.42 Å². The van der Waals surface area contributed by atoms with Gasteiger partial charge < -0.3 is 10.4 Å². The van der Waals surface area contributed by atoms with Crippen LogP contribution in [0.1, 0.15) is 39.5 Å². The molecule has 4 nitrogen and oxygen atoms in total. The SMILES string of the molecule is CC1CCC(CC(=O)N[C@@H](C)C(=O)O)C1. The first-order valence-electron chi connectivity index (χ1n) is 5.51. The number of amides is 1. The summed E-state index contributed by atoms with van der Waals surface area (Å²) < 4.78 is 0. The predicted octanol–water partition coefficient (Wildman–Crippen LogP) is 1.40. The Balaban J connectivity index is 2.27. The fourth-order valence-electron chi connectivity index (χ4n) is 2.13. The van der Waals surface area contributed by atoms with E-state index in [0.29, 0.717) is 18.3 Å². The molecule has 0 aliphatic heterocycles. The molecule has 0 aromatic heterocycles. The molecule has 1 saturated carbocycles. The van der Waals surface area contributed by atoms with Crippen LogP contribution in [-0.2, 0) is 9.59 Å². The van der Waals surface area contributed by atoms with Crippen LogP contribution >= 0.6 is 0 Å². The van der Waals surface area contributed by atoms with Crippen LogP contribution in [0.25, 0.3) is 0 Å². The van der Waals surface area contributed by atoms with E-state index in [-0.39, 0.29) is 5.91 Å². The minimum Gasteiger partial charge on any atom is -0.480 e. The Labute approximate surface area is 90.0 Å². The normalized spacial score (nSPS) is 27.3. The van der Waals surface area contributed by atoms with E-state index in [9.17, 15) is 9.59 Å². The Morgan fingerprint density at radius 1 is 1.47 bits per heavy atom. The summed E-state index contributed by atoms with van der Waals surface area (Å²) in [7, 11) is 0. The number of aliphatic carboxylic acids is 1. The summed E-state index contributed by atoms with van der Waals surface area (Å²) in [5.74, 6) is 0.0350. The summed E-state index contributed by atoms with van der Waals surface area (Å²) in [5, 5.41) is 11.1. The first kappa shape index (κ1) is 12.0. The molecule has 4 heteroatoms. The van der Waals surface area contributed by atoms with Crippen molar-refractivity contribution in [2.75, 3.05) is 0 Å². The molecule has 0 radical (unpaired) electrons. The zero-order valence-electron chi connectivity index (χ0n) is 9.32. The largest absolute Gasteiger partial charge is 0.480 e. The molecule has 0 saturated heterocycles. The second kappa shape index (κ2) is 5.14. The van der Waals surface area contributed by atoms with Crippen LogP contribution in [0.5, 0.6) is 0 Å². The quantitative estimate of drug-likeness (QED) is 0.741. The number of nitrogens with one attached hydrogen (secondary N) is 1. The van der Waals surface area contributed by atoms with Gasteiger partial charge in [-0.2, -0.15) is 0 Å². The number of carboxylic acid groups (broad SMARTS) is 1. The van der Waals surface area contributed by atoms with Crippen LogP contribution in [0, 0.1) is 11.8 Å².